The van der Waals surface area contributed by atoms with E-state index in [2.05, 4.69) is 51.6 Å². The second kappa shape index (κ2) is 14.5. The number of rotatable bonds is 8. The van der Waals surface area contributed by atoms with Gasteiger partial charge in [0.25, 0.3) is 5.91 Å². The number of carbonyl (C=O) groups excluding carboxylic acids is 1. The number of aromatic nitrogens is 1. The predicted octanol–water partition coefficient (Wildman–Crippen LogP) is 8.51. The Morgan fingerprint density at radius 2 is 1.51 bits per heavy atom. The highest BCUT2D eigenvalue weighted by atomic mass is 16.5. The fourth-order valence-corrected chi connectivity index (χ4v) is 4.01. The van der Waals surface area contributed by atoms with Gasteiger partial charge >= 0.3 is 0 Å². The van der Waals surface area contributed by atoms with Gasteiger partial charge in [0.1, 0.15) is 12.3 Å². The van der Waals surface area contributed by atoms with E-state index in [-0.39, 0.29) is 17.9 Å². The Bertz CT molecular complexity index is 1410. The molecule has 1 heterocycles. The fraction of sp³-hybridized carbons (Fsp3) is 0.176. The van der Waals surface area contributed by atoms with Crippen molar-refractivity contribution in [1.29, 1.82) is 0 Å². The maximum absolute atomic E-state index is 12.9. The lowest BCUT2D eigenvalue weighted by Crippen LogP contribution is -2.22. The number of hydrogen-bond donors (Lipinski definition) is 2. The van der Waals surface area contributed by atoms with E-state index in [0.29, 0.717) is 17.0 Å². The Labute approximate surface area is 231 Å². The van der Waals surface area contributed by atoms with Gasteiger partial charge in [-0.25, -0.2) is 10.5 Å². The van der Waals surface area contributed by atoms with Gasteiger partial charge in [-0.05, 0) is 36.6 Å². The zero-order valence-electron chi connectivity index (χ0n) is 23.1. The molecule has 5 heteroatoms. The molecule has 0 radical (unpaired) electrons. The molecule has 0 aliphatic rings. The number of nitrogens with zero attached hydrogens (tertiary/aromatic N) is 1. The zero-order valence-corrected chi connectivity index (χ0v) is 23.1. The molecule has 4 rings (SSSR count). The van der Waals surface area contributed by atoms with Crippen LogP contribution in [0, 0.1) is 6.92 Å². The second-order valence-electron chi connectivity index (χ2n) is 9.03. The first-order valence-corrected chi connectivity index (χ1v) is 13.1. The lowest BCUT2D eigenvalue weighted by molar-refractivity contribution is 0.0701. The molecular formula is C34H36N2O3. The summed E-state index contributed by atoms with van der Waals surface area (Å²) >= 11 is 0. The van der Waals surface area contributed by atoms with Crippen LogP contribution in [0.2, 0.25) is 0 Å². The summed E-state index contributed by atoms with van der Waals surface area (Å²) in [6.07, 6.45) is 6.44. The van der Waals surface area contributed by atoms with Gasteiger partial charge in [-0.3, -0.25) is 10.0 Å². The van der Waals surface area contributed by atoms with Gasteiger partial charge in [0.05, 0.1) is 11.3 Å². The molecule has 0 bridgehead atoms. The lowest BCUT2D eigenvalue weighted by atomic mass is 9.97. The van der Waals surface area contributed by atoms with E-state index in [1.54, 1.807) is 17.6 Å². The molecule has 1 amide bonds. The average Bonchev–Trinajstić information content (AvgIpc) is 2.97. The normalized spacial score (nSPS) is 10.5. The minimum atomic E-state index is -0.696. The maximum atomic E-state index is 12.9. The Morgan fingerprint density at radius 3 is 2.05 bits per heavy atom. The van der Waals surface area contributed by atoms with Crippen LogP contribution in [0.1, 0.15) is 59.9 Å². The number of hydroxylamine groups is 1. The summed E-state index contributed by atoms with van der Waals surface area (Å²) in [6, 6.07) is 26.0. The summed E-state index contributed by atoms with van der Waals surface area (Å²) in [6.45, 7) is 12.3. The number of amides is 1. The third kappa shape index (κ3) is 7.30. The van der Waals surface area contributed by atoms with Gasteiger partial charge in [-0.15, -0.1) is 0 Å². The summed E-state index contributed by atoms with van der Waals surface area (Å²) < 4.78 is 6.23. The molecule has 0 fully saturated rings. The molecule has 0 aliphatic heterocycles. The molecule has 0 spiro atoms. The number of pyridine rings is 1. The summed E-state index contributed by atoms with van der Waals surface area (Å²) in [5, 5.41) is 9.55. The molecule has 0 unspecified atom stereocenters. The lowest BCUT2D eigenvalue weighted by Gasteiger charge is -2.19. The van der Waals surface area contributed by atoms with E-state index in [1.807, 2.05) is 67.6 Å². The van der Waals surface area contributed by atoms with Gasteiger partial charge in [-0.1, -0.05) is 123 Å². The predicted molar refractivity (Wildman–Crippen MR) is 161 cm³/mol. The first-order chi connectivity index (χ1) is 19.0. The SMILES string of the molecule is C=Cc1c(/C=C\C)nc(-c2ccc(-c3ccc(C)cc3)cc2)c(OCc2ccccc2)c1C(=O)NO.CCC. The van der Waals surface area contributed by atoms with Crippen LogP contribution in [0.3, 0.4) is 0 Å². The van der Waals surface area contributed by atoms with Crippen molar-refractivity contribution in [3.8, 4) is 28.1 Å². The molecule has 1 aromatic heterocycles. The third-order valence-corrected chi connectivity index (χ3v) is 5.85. The number of benzene rings is 3. The van der Waals surface area contributed by atoms with Gasteiger partial charge in [0.15, 0.2) is 5.75 Å². The molecule has 0 saturated carbocycles. The summed E-state index contributed by atoms with van der Waals surface area (Å²) in [4.78, 5) is 17.8. The number of hydrogen-bond acceptors (Lipinski definition) is 4. The van der Waals surface area contributed by atoms with Crippen LogP contribution in [0.15, 0.2) is 91.5 Å². The van der Waals surface area contributed by atoms with Crippen molar-refractivity contribution < 1.29 is 14.7 Å². The van der Waals surface area contributed by atoms with Gasteiger partial charge < -0.3 is 4.74 Å². The van der Waals surface area contributed by atoms with Gasteiger partial charge in [0.2, 0.25) is 0 Å². The van der Waals surface area contributed by atoms with Crippen LogP contribution in [-0.2, 0) is 6.61 Å². The number of carbonyl (C=O) groups is 1. The van der Waals surface area contributed by atoms with Crippen molar-refractivity contribution in [2.45, 2.75) is 40.7 Å². The highest BCUT2D eigenvalue weighted by Crippen LogP contribution is 2.37. The van der Waals surface area contributed by atoms with Crippen molar-refractivity contribution in [1.82, 2.24) is 10.5 Å². The topological polar surface area (TPSA) is 71.5 Å². The quantitative estimate of drug-likeness (QED) is 0.180. The zero-order chi connectivity index (χ0) is 28.2. The first-order valence-electron chi connectivity index (χ1n) is 13.1. The molecule has 200 valence electrons. The minimum Gasteiger partial charge on any atom is -0.486 e. The Kier molecular flexibility index (Phi) is 10.8. The van der Waals surface area contributed by atoms with Crippen molar-refractivity contribution in [2.75, 3.05) is 0 Å². The van der Waals surface area contributed by atoms with E-state index in [1.165, 1.54) is 12.0 Å². The molecule has 5 nitrogen and oxygen atoms in total. The number of allylic oxidation sites excluding steroid dienone is 1. The Balaban J connectivity index is 0.00000134. The number of aryl methyl sites for hydroxylation is 1. The largest absolute Gasteiger partial charge is 0.486 e. The Hall–Kier alpha value is -4.48. The average molecular weight is 521 g/mol. The molecule has 39 heavy (non-hydrogen) atoms. The molecule has 2 N–H and O–H groups in total. The van der Waals surface area contributed by atoms with Crippen LogP contribution >= 0.6 is 0 Å². The van der Waals surface area contributed by atoms with Gasteiger partial charge in [0, 0.05) is 11.1 Å². The van der Waals surface area contributed by atoms with Crippen molar-refractivity contribution in [2.24, 2.45) is 0 Å². The fourth-order valence-electron chi connectivity index (χ4n) is 4.01. The van der Waals surface area contributed by atoms with Crippen LogP contribution in [0.5, 0.6) is 5.75 Å². The van der Waals surface area contributed by atoms with Gasteiger partial charge in [-0.2, -0.15) is 0 Å². The number of nitrogens with one attached hydrogen (secondary N) is 1. The molecule has 4 aromatic rings. The highest BCUT2D eigenvalue weighted by molar-refractivity contribution is 6.03. The van der Waals surface area contributed by atoms with E-state index < -0.39 is 5.91 Å². The second-order valence-corrected chi connectivity index (χ2v) is 9.03. The van der Waals surface area contributed by atoms with E-state index >= 15 is 0 Å². The summed E-state index contributed by atoms with van der Waals surface area (Å²) in [7, 11) is 0. The number of ether oxygens (including phenoxy) is 1. The highest BCUT2D eigenvalue weighted by Gasteiger charge is 2.25. The summed E-state index contributed by atoms with van der Waals surface area (Å²) in [5.74, 6) is -0.421. The Morgan fingerprint density at radius 1 is 0.949 bits per heavy atom. The van der Waals surface area contributed by atoms with E-state index in [9.17, 15) is 10.0 Å². The van der Waals surface area contributed by atoms with E-state index in [4.69, 9.17) is 9.72 Å². The minimum absolute atomic E-state index is 0.171. The summed E-state index contributed by atoms with van der Waals surface area (Å²) in [5.41, 5.74) is 8.55. The van der Waals surface area contributed by atoms with Crippen LogP contribution in [-0.4, -0.2) is 16.1 Å². The molecular weight excluding hydrogens is 484 g/mol. The smallest absolute Gasteiger partial charge is 0.279 e. The van der Waals surface area contributed by atoms with Crippen molar-refractivity contribution in [3.63, 3.8) is 0 Å². The van der Waals surface area contributed by atoms with Crippen LogP contribution < -0.4 is 10.2 Å². The molecule has 0 saturated heterocycles. The van der Waals surface area contributed by atoms with Crippen LogP contribution in [0.4, 0.5) is 0 Å². The van der Waals surface area contributed by atoms with Crippen molar-refractivity contribution >= 4 is 18.1 Å². The molecule has 0 atom stereocenters. The van der Waals surface area contributed by atoms with E-state index in [0.717, 1.165) is 22.3 Å². The standard InChI is InChI=1S/C31H28N2O3.C3H8/c1-4-9-27-26(5-2)28(31(34)33-35)30(36-20-22-10-7-6-8-11-22)29(32-27)25-18-16-24(17-19-25)23-14-12-21(3)13-15-23;1-3-2/h4-19,35H,2,20H2,1,3H3,(H,33,34);3H2,1-2H3/b9-4-;. The monoisotopic (exact) mass is 520 g/mol. The first kappa shape index (κ1) is 29.1. The maximum Gasteiger partial charge on any atom is 0.279 e. The molecule has 0 aliphatic carbocycles. The third-order valence-electron chi connectivity index (χ3n) is 5.85. The van der Waals surface area contributed by atoms with Crippen molar-refractivity contribution in [3.05, 3.63) is 119 Å². The molecule has 3 aromatic carbocycles. The van der Waals surface area contributed by atoms with Crippen LogP contribution in [0.25, 0.3) is 34.5 Å².